The largest absolute Gasteiger partial charge is 0.456 e. The van der Waals surface area contributed by atoms with E-state index in [9.17, 15) is 0 Å². The maximum Gasteiger partial charge on any atom is 0.135 e. The molecule has 5 heteroatoms. The average Bonchev–Trinajstić information content (AvgIpc) is 3.84. The van der Waals surface area contributed by atoms with Crippen molar-refractivity contribution >= 4 is 50.9 Å². The van der Waals surface area contributed by atoms with Crippen molar-refractivity contribution in [3.8, 4) is 22.3 Å². The van der Waals surface area contributed by atoms with Crippen LogP contribution in [0.25, 0.3) is 49.8 Å². The van der Waals surface area contributed by atoms with Crippen LogP contribution in [0, 0.1) is 5.92 Å². The predicted molar refractivity (Wildman–Crippen MR) is 234 cm³/mol. The molecule has 0 bridgehead atoms. The van der Waals surface area contributed by atoms with E-state index in [4.69, 9.17) is 20.1 Å². The summed E-state index contributed by atoms with van der Waals surface area (Å²) in [6, 6.07) is 61.4. The van der Waals surface area contributed by atoms with Gasteiger partial charge in [0.25, 0.3) is 0 Å². The van der Waals surface area contributed by atoms with Crippen molar-refractivity contribution in [3.63, 3.8) is 0 Å². The zero-order chi connectivity index (χ0) is 37.4. The van der Waals surface area contributed by atoms with Gasteiger partial charge in [0, 0.05) is 38.0 Å². The summed E-state index contributed by atoms with van der Waals surface area (Å²) in [6.45, 7) is 0.494. The summed E-state index contributed by atoms with van der Waals surface area (Å²) in [4.78, 5) is 13.0. The minimum Gasteiger partial charge on any atom is -0.456 e. The fourth-order valence-electron chi connectivity index (χ4n) is 8.05. The van der Waals surface area contributed by atoms with E-state index in [1.807, 2.05) is 60.3 Å². The van der Waals surface area contributed by atoms with Gasteiger partial charge in [-0.25, -0.2) is 4.99 Å². The first kappa shape index (κ1) is 33.8. The summed E-state index contributed by atoms with van der Waals surface area (Å²) in [5.74, 6) is 0.929. The highest BCUT2D eigenvalue weighted by Gasteiger charge is 2.41. The Labute approximate surface area is 330 Å². The number of furan rings is 1. The first-order chi connectivity index (χ1) is 27.7. The molecule has 0 saturated heterocycles. The Kier molecular flexibility index (Phi) is 8.77. The smallest absolute Gasteiger partial charge is 0.135 e. The Balaban J connectivity index is 1.20. The molecule has 56 heavy (non-hydrogen) atoms. The topological polar surface area (TPSA) is 63.9 Å². The molecule has 7 aromatic carbocycles. The fraction of sp³-hybridized carbons (Fsp3) is 0.0588. The predicted octanol–water partition coefficient (Wildman–Crippen LogP) is 12.7. The molecule has 10 rings (SSSR count). The van der Waals surface area contributed by atoms with Gasteiger partial charge in [0.1, 0.15) is 22.8 Å². The van der Waals surface area contributed by atoms with Crippen molar-refractivity contribution in [1.29, 1.82) is 0 Å². The highest BCUT2D eigenvalue weighted by Crippen LogP contribution is 2.60. The number of amidine groups is 2. The van der Waals surface area contributed by atoms with Crippen LogP contribution in [-0.4, -0.2) is 11.7 Å². The van der Waals surface area contributed by atoms with E-state index >= 15 is 0 Å². The molecular formula is C51H37N3OS. The Morgan fingerprint density at radius 1 is 0.607 bits per heavy atom. The molecule has 2 atom stereocenters. The molecule has 268 valence electrons. The van der Waals surface area contributed by atoms with Crippen molar-refractivity contribution in [2.24, 2.45) is 21.6 Å². The number of aliphatic imine (C=N–C) groups is 2. The van der Waals surface area contributed by atoms with Crippen LogP contribution in [0.5, 0.6) is 0 Å². The van der Waals surface area contributed by atoms with Gasteiger partial charge in [-0.15, -0.1) is 0 Å². The van der Waals surface area contributed by atoms with Gasteiger partial charge in [0.05, 0.1) is 6.54 Å². The maximum absolute atomic E-state index is 6.83. The summed E-state index contributed by atoms with van der Waals surface area (Å²) in [5, 5.41) is 2.23. The number of thioether (sulfide) groups is 1. The summed E-state index contributed by atoms with van der Waals surface area (Å²) < 4.78 is 6.26. The molecule has 0 amide bonds. The SMILES string of the molecule is NC(=NC(=NCc1ccccc1)C1C=CC(c2ccc3oc4ccccc4c3c2)=C2Sc3c(-c4ccccc4)cc(-c4ccccc4)cc3C21)c1ccccc1. The molecule has 2 heterocycles. The molecule has 0 spiro atoms. The van der Waals surface area contributed by atoms with Crippen LogP contribution >= 0.6 is 11.8 Å². The van der Waals surface area contributed by atoms with E-state index in [1.165, 1.54) is 43.2 Å². The Morgan fingerprint density at radius 2 is 1.27 bits per heavy atom. The number of hydrogen-bond acceptors (Lipinski definition) is 3. The van der Waals surface area contributed by atoms with E-state index < -0.39 is 0 Å². The third-order valence-corrected chi connectivity index (χ3v) is 12.1. The first-order valence-corrected chi connectivity index (χ1v) is 19.8. The normalized spacial score (nSPS) is 16.7. The highest BCUT2D eigenvalue weighted by atomic mass is 32.2. The number of para-hydroxylation sites is 1. The Bertz CT molecular complexity index is 2860. The molecule has 4 nitrogen and oxygen atoms in total. The molecule has 8 aromatic rings. The maximum atomic E-state index is 6.83. The van der Waals surface area contributed by atoms with Crippen LogP contribution in [0.2, 0.25) is 0 Å². The van der Waals surface area contributed by atoms with E-state index in [-0.39, 0.29) is 11.8 Å². The molecule has 2 aliphatic rings. The molecule has 0 saturated carbocycles. The number of fused-ring (bicyclic) bond motifs is 6. The number of benzene rings is 7. The lowest BCUT2D eigenvalue weighted by molar-refractivity contribution is 0.669. The van der Waals surface area contributed by atoms with Gasteiger partial charge in [0.2, 0.25) is 0 Å². The lowest BCUT2D eigenvalue weighted by Gasteiger charge is -2.28. The average molecular weight is 740 g/mol. The van der Waals surface area contributed by atoms with Crippen molar-refractivity contribution in [2.45, 2.75) is 17.4 Å². The second-order valence-electron chi connectivity index (χ2n) is 14.2. The number of rotatable bonds is 7. The number of hydrogen-bond donors (Lipinski definition) is 1. The monoisotopic (exact) mass is 739 g/mol. The molecule has 1 aromatic heterocycles. The van der Waals surface area contributed by atoms with Crippen LogP contribution < -0.4 is 5.73 Å². The van der Waals surface area contributed by atoms with Crippen LogP contribution in [0.1, 0.15) is 28.2 Å². The van der Waals surface area contributed by atoms with E-state index in [2.05, 4.69) is 140 Å². The van der Waals surface area contributed by atoms with Gasteiger partial charge in [0.15, 0.2) is 0 Å². The number of allylic oxidation sites excluding steroid dienone is 3. The second-order valence-corrected chi connectivity index (χ2v) is 15.3. The van der Waals surface area contributed by atoms with Gasteiger partial charge in [-0.2, -0.15) is 0 Å². The van der Waals surface area contributed by atoms with Gasteiger partial charge in [-0.1, -0.05) is 170 Å². The fourth-order valence-corrected chi connectivity index (χ4v) is 9.55. The lowest BCUT2D eigenvalue weighted by atomic mass is 9.77. The van der Waals surface area contributed by atoms with Crippen molar-refractivity contribution in [2.75, 3.05) is 0 Å². The Morgan fingerprint density at radius 3 is 2.04 bits per heavy atom. The van der Waals surface area contributed by atoms with Crippen molar-refractivity contribution in [1.82, 2.24) is 0 Å². The zero-order valence-corrected chi connectivity index (χ0v) is 31.4. The van der Waals surface area contributed by atoms with Crippen molar-refractivity contribution in [3.05, 3.63) is 215 Å². The molecular weight excluding hydrogens is 703 g/mol. The highest BCUT2D eigenvalue weighted by molar-refractivity contribution is 8.03. The third-order valence-electron chi connectivity index (χ3n) is 10.8. The van der Waals surface area contributed by atoms with Crippen LogP contribution in [0.3, 0.4) is 0 Å². The van der Waals surface area contributed by atoms with Gasteiger partial charge >= 0.3 is 0 Å². The molecule has 2 N–H and O–H groups in total. The zero-order valence-electron chi connectivity index (χ0n) is 30.5. The molecule has 0 radical (unpaired) electrons. The summed E-state index contributed by atoms with van der Waals surface area (Å²) >= 11 is 1.88. The standard InChI is InChI=1S/C51H37N3OS/c52-50(36-21-11-4-12-22-36)54-51(53-32-33-15-5-1-6-16-33)41-27-26-39(37-25-28-46-43(29-37)40-23-13-14-24-45(40)55-46)49-47(41)44-31-38(34-17-7-2-8-18-34)30-42(48(44)56-49)35-19-9-3-10-20-35/h1-31,41,47H,32H2,(H2,52,53,54). The van der Waals surface area contributed by atoms with E-state index in [1.54, 1.807) is 0 Å². The summed E-state index contributed by atoms with van der Waals surface area (Å²) in [7, 11) is 0. The lowest BCUT2D eigenvalue weighted by Crippen LogP contribution is -2.25. The quantitative estimate of drug-likeness (QED) is 0.131. The Hall–Kier alpha value is -6.69. The molecule has 1 aliphatic heterocycles. The third kappa shape index (κ3) is 6.26. The second kappa shape index (κ2) is 14.5. The van der Waals surface area contributed by atoms with E-state index in [0.29, 0.717) is 18.2 Å². The van der Waals surface area contributed by atoms with Crippen LogP contribution in [-0.2, 0) is 6.54 Å². The first-order valence-electron chi connectivity index (χ1n) is 19.0. The van der Waals surface area contributed by atoms with Crippen molar-refractivity contribution < 1.29 is 4.42 Å². The number of nitrogens with zero attached hydrogens (tertiary/aromatic N) is 2. The van der Waals surface area contributed by atoms with Gasteiger partial charge in [-0.05, 0) is 74.8 Å². The minimum atomic E-state index is -0.179. The molecule has 0 fully saturated rings. The van der Waals surface area contributed by atoms with E-state index in [0.717, 1.165) is 38.6 Å². The van der Waals surface area contributed by atoms with Gasteiger partial charge in [-0.3, -0.25) is 4.99 Å². The number of nitrogens with two attached hydrogens (primary N) is 1. The van der Waals surface area contributed by atoms with Crippen LogP contribution in [0.15, 0.2) is 212 Å². The summed E-state index contributed by atoms with van der Waals surface area (Å²) in [5.41, 5.74) is 19.0. The van der Waals surface area contributed by atoms with Crippen LogP contribution in [0.4, 0.5) is 0 Å². The molecule has 2 unspecified atom stereocenters. The molecule has 1 aliphatic carbocycles. The minimum absolute atomic E-state index is 0.0558. The van der Waals surface area contributed by atoms with Gasteiger partial charge < -0.3 is 10.2 Å². The summed E-state index contributed by atoms with van der Waals surface area (Å²) in [6.07, 6.45) is 4.59.